The van der Waals surface area contributed by atoms with Gasteiger partial charge in [-0.2, -0.15) is 0 Å². The van der Waals surface area contributed by atoms with Crippen LogP contribution in [-0.2, 0) is 4.79 Å². The van der Waals surface area contributed by atoms with Crippen molar-refractivity contribution in [1.29, 1.82) is 0 Å². The van der Waals surface area contributed by atoms with Crippen LogP contribution in [0.4, 0.5) is 11.6 Å². The summed E-state index contributed by atoms with van der Waals surface area (Å²) in [4.78, 5) is 48.3. The average molecular weight is 919 g/mol. The zero-order chi connectivity index (χ0) is 47.5. The van der Waals surface area contributed by atoms with Gasteiger partial charge in [-0.15, -0.1) is 0 Å². The third kappa shape index (κ3) is 7.65. The second-order valence-electron chi connectivity index (χ2n) is 18.3. The fourth-order valence-corrected chi connectivity index (χ4v) is 10.2. The molecule has 4 aromatic carbocycles. The molecular weight excluding hydrogens is 869 g/mol. The number of carbonyl (C=O) groups excluding carboxylic acids is 1. The van der Waals surface area contributed by atoms with Crippen molar-refractivity contribution in [3.63, 3.8) is 0 Å². The summed E-state index contributed by atoms with van der Waals surface area (Å²) in [5.74, 6) is 2.69. The molecule has 2 unspecified atom stereocenters. The Morgan fingerprint density at radius 1 is 0.529 bits per heavy atom. The number of aromatic nitrogens is 8. The fraction of sp³-hybridized carbons (Fsp3) is 0.175. The lowest BCUT2D eigenvalue weighted by atomic mass is 9.99. The SMILES string of the molecule is CC(C(=O)C(C)N1CC=C(c2nc(-c3ccc4ccc(-c5ccccc5)nc4c3)c3c(N)nccn23)CC1)N1CC=C(c2nc(-c3ccc4ccc(-c5ccccc5)nc4c3)c3c(N)nccn23)CC1. The highest BCUT2D eigenvalue weighted by atomic mass is 16.1. The van der Waals surface area contributed by atoms with E-state index in [1.807, 2.05) is 71.4 Å². The Bertz CT molecular complexity index is 3480. The first kappa shape index (κ1) is 42.9. The molecular formula is C57H50N12O. The van der Waals surface area contributed by atoms with Gasteiger partial charge in [-0.3, -0.25) is 23.4 Å². The molecule has 8 heterocycles. The van der Waals surface area contributed by atoms with Crippen molar-refractivity contribution in [3.05, 3.63) is 170 Å². The maximum Gasteiger partial charge on any atom is 0.166 e. The largest absolute Gasteiger partial charge is 0.382 e. The standard InChI is InChI=1S/C57H50N12O/c1-35(66-27-21-41(22-28-66)56-64-49(51-54(58)60-25-31-68(51)56)43-15-13-39-17-19-45(62-47(39)33-43)37-9-5-3-6-10-37)53(70)36(2)67-29-23-42(24-30-67)57-65-50(52-55(59)61-26-32-69(52)57)44-16-14-40-18-20-46(63-48(40)34-44)38-11-7-4-8-12-38/h3-21,23,25-26,31-36H,22,24,27-30H2,1-2H3,(H2,58,60)(H2,59,61). The van der Waals surface area contributed by atoms with Gasteiger partial charge < -0.3 is 11.5 Å². The van der Waals surface area contributed by atoms with Crippen molar-refractivity contribution in [2.45, 2.75) is 38.8 Å². The Morgan fingerprint density at radius 2 is 0.957 bits per heavy atom. The van der Waals surface area contributed by atoms with E-state index in [-0.39, 0.29) is 17.9 Å². The monoisotopic (exact) mass is 918 g/mol. The zero-order valence-electron chi connectivity index (χ0n) is 38.9. The minimum atomic E-state index is -0.272. The lowest BCUT2D eigenvalue weighted by molar-refractivity contribution is -0.128. The van der Waals surface area contributed by atoms with Crippen molar-refractivity contribution in [2.24, 2.45) is 0 Å². The summed E-state index contributed by atoms with van der Waals surface area (Å²) in [6.45, 7) is 6.77. The van der Waals surface area contributed by atoms with Gasteiger partial charge in [0, 0.05) is 84.0 Å². The van der Waals surface area contributed by atoms with E-state index in [9.17, 15) is 4.79 Å². The maximum atomic E-state index is 14.3. The predicted octanol–water partition coefficient (Wildman–Crippen LogP) is 9.93. The molecule has 0 saturated heterocycles. The molecule has 13 heteroatoms. The van der Waals surface area contributed by atoms with Gasteiger partial charge in [-0.25, -0.2) is 29.9 Å². The molecule has 0 bridgehead atoms. The number of fused-ring (bicyclic) bond motifs is 4. The van der Waals surface area contributed by atoms with E-state index >= 15 is 0 Å². The molecule has 10 aromatic rings. The summed E-state index contributed by atoms with van der Waals surface area (Å²) in [5, 5.41) is 2.09. The van der Waals surface area contributed by atoms with Gasteiger partial charge in [0.05, 0.1) is 34.5 Å². The van der Waals surface area contributed by atoms with E-state index in [1.54, 1.807) is 12.4 Å². The minimum Gasteiger partial charge on any atom is -0.382 e. The van der Waals surface area contributed by atoms with Gasteiger partial charge >= 0.3 is 0 Å². The molecule has 12 rings (SSSR count). The smallest absolute Gasteiger partial charge is 0.166 e. The van der Waals surface area contributed by atoms with Crippen LogP contribution >= 0.6 is 0 Å². The Hall–Kier alpha value is -8.39. The van der Waals surface area contributed by atoms with Crippen LogP contribution in [0.25, 0.3) is 89.0 Å². The van der Waals surface area contributed by atoms with Crippen molar-refractivity contribution in [2.75, 3.05) is 37.6 Å². The second-order valence-corrected chi connectivity index (χ2v) is 18.3. The molecule has 0 aliphatic carbocycles. The number of anilines is 2. The number of carbonyl (C=O) groups is 1. The van der Waals surface area contributed by atoms with Crippen molar-refractivity contribution in [3.8, 4) is 45.0 Å². The molecule has 2 aliphatic rings. The van der Waals surface area contributed by atoms with Gasteiger partial charge in [-0.05, 0) is 62.1 Å². The first-order chi connectivity index (χ1) is 34.3. The van der Waals surface area contributed by atoms with Crippen LogP contribution in [0.1, 0.15) is 38.3 Å². The number of ketones is 1. The molecule has 2 aliphatic heterocycles. The van der Waals surface area contributed by atoms with E-state index < -0.39 is 0 Å². The Balaban J connectivity index is 0.754. The molecule has 0 fully saturated rings. The molecule has 6 aromatic heterocycles. The van der Waals surface area contributed by atoms with E-state index in [0.717, 1.165) is 127 Å². The first-order valence-electron chi connectivity index (χ1n) is 23.8. The van der Waals surface area contributed by atoms with E-state index in [4.69, 9.17) is 31.4 Å². The highest BCUT2D eigenvalue weighted by Gasteiger charge is 2.32. The third-order valence-electron chi connectivity index (χ3n) is 14.2. The van der Waals surface area contributed by atoms with Crippen LogP contribution in [0.3, 0.4) is 0 Å². The summed E-state index contributed by atoms with van der Waals surface area (Å²) in [5.41, 5.74) is 26.0. The summed E-state index contributed by atoms with van der Waals surface area (Å²) in [6.07, 6.45) is 13.2. The Labute approximate surface area is 404 Å². The first-order valence-corrected chi connectivity index (χ1v) is 23.8. The van der Waals surface area contributed by atoms with Crippen molar-refractivity contribution < 1.29 is 4.79 Å². The highest BCUT2D eigenvalue weighted by Crippen LogP contribution is 2.37. The number of benzene rings is 4. The Kier molecular flexibility index (Phi) is 10.8. The number of imidazole rings is 2. The quantitative estimate of drug-likeness (QED) is 0.134. The van der Waals surface area contributed by atoms with E-state index in [0.29, 0.717) is 24.7 Å². The number of nitrogens with two attached hydrogens (primary N) is 2. The molecule has 70 heavy (non-hydrogen) atoms. The fourth-order valence-electron chi connectivity index (χ4n) is 10.2. The van der Waals surface area contributed by atoms with Gasteiger partial charge in [0.15, 0.2) is 5.78 Å². The molecule has 0 saturated carbocycles. The number of hydrogen-bond acceptors (Lipinski definition) is 11. The molecule has 0 spiro atoms. The van der Waals surface area contributed by atoms with Gasteiger partial charge in [0.2, 0.25) is 0 Å². The number of nitrogen functional groups attached to an aromatic ring is 2. The predicted molar refractivity (Wildman–Crippen MR) is 279 cm³/mol. The molecule has 0 radical (unpaired) electrons. The molecule has 4 N–H and O–H groups in total. The number of pyridine rings is 2. The van der Waals surface area contributed by atoms with Crippen molar-refractivity contribution >= 4 is 61.4 Å². The normalized spacial score (nSPS) is 15.6. The van der Waals surface area contributed by atoms with Gasteiger partial charge in [0.1, 0.15) is 45.7 Å². The van der Waals surface area contributed by atoms with Crippen molar-refractivity contribution in [1.82, 2.24) is 48.5 Å². The van der Waals surface area contributed by atoms with Crippen LogP contribution in [0.15, 0.2) is 158 Å². The lowest BCUT2D eigenvalue weighted by Gasteiger charge is -2.36. The minimum absolute atomic E-state index is 0.203. The van der Waals surface area contributed by atoms with Crippen LogP contribution in [0.5, 0.6) is 0 Å². The summed E-state index contributed by atoms with van der Waals surface area (Å²) in [6, 6.07) is 40.6. The molecule has 2 atom stereocenters. The maximum absolute atomic E-state index is 14.3. The molecule has 13 nitrogen and oxygen atoms in total. The lowest BCUT2D eigenvalue weighted by Crippen LogP contribution is -2.50. The van der Waals surface area contributed by atoms with E-state index in [1.165, 1.54) is 0 Å². The topological polar surface area (TPSA) is 162 Å². The average Bonchev–Trinajstić information content (AvgIpc) is 4.02. The highest BCUT2D eigenvalue weighted by molar-refractivity contribution is 5.94. The number of nitrogens with zero attached hydrogens (tertiary/aromatic N) is 10. The Morgan fingerprint density at radius 3 is 1.37 bits per heavy atom. The number of rotatable bonds is 10. The summed E-state index contributed by atoms with van der Waals surface area (Å²) in [7, 11) is 0. The van der Waals surface area contributed by atoms with E-state index in [2.05, 4.69) is 117 Å². The molecule has 344 valence electrons. The second kappa shape index (κ2) is 17.6. The molecule has 0 amide bonds. The number of hydrogen-bond donors (Lipinski definition) is 2. The number of Topliss-reactive ketones (excluding diaryl/α,β-unsaturated/α-hetero) is 1. The van der Waals surface area contributed by atoms with Crippen LogP contribution in [0, 0.1) is 0 Å². The van der Waals surface area contributed by atoms with Gasteiger partial charge in [-0.1, -0.05) is 109 Å². The van der Waals surface area contributed by atoms with Crippen LogP contribution in [0.2, 0.25) is 0 Å². The zero-order valence-corrected chi connectivity index (χ0v) is 38.9. The summed E-state index contributed by atoms with van der Waals surface area (Å²) >= 11 is 0. The third-order valence-corrected chi connectivity index (χ3v) is 14.2. The summed E-state index contributed by atoms with van der Waals surface area (Å²) < 4.78 is 4.10. The van der Waals surface area contributed by atoms with Crippen LogP contribution in [-0.4, -0.2) is 92.6 Å². The van der Waals surface area contributed by atoms with Crippen LogP contribution < -0.4 is 11.5 Å². The van der Waals surface area contributed by atoms with Gasteiger partial charge in [0.25, 0.3) is 0 Å².